The molecule has 1 saturated heterocycles. The summed E-state index contributed by atoms with van der Waals surface area (Å²) in [5, 5.41) is 5.46. The zero-order chi connectivity index (χ0) is 14.2. The average molecular weight is 295 g/mol. The molecule has 0 spiro atoms. The Morgan fingerprint density at radius 2 is 1.90 bits per heavy atom. The summed E-state index contributed by atoms with van der Waals surface area (Å²) < 4.78 is 0. The van der Waals surface area contributed by atoms with Gasteiger partial charge in [0.15, 0.2) is 0 Å². The van der Waals surface area contributed by atoms with Gasteiger partial charge in [-0.05, 0) is 59.9 Å². The molecule has 21 heavy (non-hydrogen) atoms. The minimum atomic E-state index is 0.854. The van der Waals surface area contributed by atoms with Gasteiger partial charge < -0.3 is 4.90 Å². The van der Waals surface area contributed by atoms with E-state index >= 15 is 0 Å². The minimum Gasteiger partial charge on any atom is -0.356 e. The van der Waals surface area contributed by atoms with Gasteiger partial charge in [-0.3, -0.25) is 0 Å². The first-order valence-corrected chi connectivity index (χ1v) is 8.31. The zero-order valence-corrected chi connectivity index (χ0v) is 12.9. The van der Waals surface area contributed by atoms with Crippen LogP contribution in [0.2, 0.25) is 0 Å². The van der Waals surface area contributed by atoms with Crippen LogP contribution in [0.25, 0.3) is 22.0 Å². The molecule has 1 aliphatic heterocycles. The fourth-order valence-corrected chi connectivity index (χ4v) is 3.67. The lowest BCUT2D eigenvalue weighted by Gasteiger charge is -2.19. The van der Waals surface area contributed by atoms with E-state index in [4.69, 9.17) is 4.98 Å². The Balaban J connectivity index is 1.88. The molecule has 3 aromatic rings. The number of aromatic nitrogens is 2. The largest absolute Gasteiger partial charge is 0.356 e. The summed E-state index contributed by atoms with van der Waals surface area (Å²) in [6.45, 7) is 4.20. The number of hydrogen-bond acceptors (Lipinski definition) is 4. The molecular formula is C17H17N3S. The van der Waals surface area contributed by atoms with Crippen molar-refractivity contribution < 1.29 is 0 Å². The third-order valence-electron chi connectivity index (χ3n) is 4.05. The first-order valence-electron chi connectivity index (χ1n) is 7.37. The maximum absolute atomic E-state index is 4.69. The van der Waals surface area contributed by atoms with Crippen molar-refractivity contribution in [3.63, 3.8) is 0 Å². The molecule has 0 N–H and O–H groups in total. The molecule has 106 valence electrons. The molecule has 2 aromatic heterocycles. The highest BCUT2D eigenvalue weighted by molar-refractivity contribution is 7.08. The van der Waals surface area contributed by atoms with Gasteiger partial charge in [0.25, 0.3) is 0 Å². The van der Waals surface area contributed by atoms with Crippen LogP contribution in [-0.2, 0) is 0 Å². The number of anilines is 1. The van der Waals surface area contributed by atoms with Crippen molar-refractivity contribution in [2.24, 2.45) is 0 Å². The van der Waals surface area contributed by atoms with Crippen molar-refractivity contribution in [1.29, 1.82) is 0 Å². The Morgan fingerprint density at radius 3 is 2.67 bits per heavy atom. The lowest BCUT2D eigenvalue weighted by molar-refractivity contribution is 0.925. The minimum absolute atomic E-state index is 0.854. The molecule has 0 aliphatic carbocycles. The van der Waals surface area contributed by atoms with Crippen LogP contribution < -0.4 is 4.90 Å². The van der Waals surface area contributed by atoms with E-state index in [2.05, 4.69) is 44.9 Å². The van der Waals surface area contributed by atoms with Crippen molar-refractivity contribution in [3.8, 4) is 11.1 Å². The smallest absolute Gasteiger partial charge is 0.140 e. The Hall–Kier alpha value is -1.94. The van der Waals surface area contributed by atoms with Crippen LogP contribution in [0, 0.1) is 6.92 Å². The lowest BCUT2D eigenvalue weighted by atomic mass is 10.1. The zero-order valence-electron chi connectivity index (χ0n) is 12.0. The van der Waals surface area contributed by atoms with Crippen LogP contribution in [0.4, 0.5) is 5.82 Å². The maximum Gasteiger partial charge on any atom is 0.140 e. The van der Waals surface area contributed by atoms with Crippen LogP contribution in [0.15, 0.2) is 35.0 Å². The lowest BCUT2D eigenvalue weighted by Crippen LogP contribution is -2.20. The molecule has 4 rings (SSSR count). The summed E-state index contributed by atoms with van der Waals surface area (Å²) >= 11 is 1.73. The monoisotopic (exact) mass is 295 g/mol. The average Bonchev–Trinajstić information content (AvgIpc) is 3.19. The van der Waals surface area contributed by atoms with E-state index in [1.807, 2.05) is 6.92 Å². The molecule has 3 heterocycles. The first kappa shape index (κ1) is 12.8. The summed E-state index contributed by atoms with van der Waals surface area (Å²) in [4.78, 5) is 11.7. The van der Waals surface area contributed by atoms with E-state index in [1.54, 1.807) is 11.3 Å². The predicted molar refractivity (Wildman–Crippen MR) is 89.0 cm³/mol. The summed E-state index contributed by atoms with van der Waals surface area (Å²) in [5.74, 6) is 1.96. The predicted octanol–water partition coefficient (Wildman–Crippen LogP) is 4.27. The van der Waals surface area contributed by atoms with Crippen molar-refractivity contribution in [1.82, 2.24) is 9.97 Å². The van der Waals surface area contributed by atoms with Crippen molar-refractivity contribution in [2.75, 3.05) is 18.0 Å². The van der Waals surface area contributed by atoms with Crippen molar-refractivity contribution >= 4 is 28.1 Å². The highest BCUT2D eigenvalue weighted by atomic mass is 32.1. The van der Waals surface area contributed by atoms with E-state index in [1.165, 1.54) is 29.4 Å². The van der Waals surface area contributed by atoms with Crippen LogP contribution in [0.1, 0.15) is 18.7 Å². The van der Waals surface area contributed by atoms with E-state index < -0.39 is 0 Å². The second-order valence-electron chi connectivity index (χ2n) is 5.53. The fraction of sp³-hybridized carbons (Fsp3) is 0.294. The molecule has 0 bridgehead atoms. The number of hydrogen-bond donors (Lipinski definition) is 0. The Bertz CT molecular complexity index is 774. The maximum atomic E-state index is 4.69. The van der Waals surface area contributed by atoms with Gasteiger partial charge in [0.05, 0.1) is 5.52 Å². The number of nitrogens with zero attached hydrogens (tertiary/aromatic N) is 3. The second-order valence-corrected chi connectivity index (χ2v) is 6.31. The molecule has 1 aliphatic rings. The van der Waals surface area contributed by atoms with Gasteiger partial charge in [0.1, 0.15) is 11.6 Å². The quantitative estimate of drug-likeness (QED) is 0.707. The van der Waals surface area contributed by atoms with Crippen LogP contribution in [0.3, 0.4) is 0 Å². The van der Waals surface area contributed by atoms with Gasteiger partial charge in [-0.1, -0.05) is 6.07 Å². The van der Waals surface area contributed by atoms with Gasteiger partial charge >= 0.3 is 0 Å². The van der Waals surface area contributed by atoms with Crippen LogP contribution >= 0.6 is 11.3 Å². The van der Waals surface area contributed by atoms with E-state index in [0.29, 0.717) is 0 Å². The Kier molecular flexibility index (Phi) is 3.11. The normalized spacial score (nSPS) is 15.0. The van der Waals surface area contributed by atoms with Crippen molar-refractivity contribution in [2.45, 2.75) is 19.8 Å². The molecule has 0 amide bonds. The molecule has 0 atom stereocenters. The number of aryl methyl sites for hydroxylation is 1. The molecule has 4 heteroatoms. The summed E-state index contributed by atoms with van der Waals surface area (Å²) in [5.41, 5.74) is 3.54. The molecule has 0 saturated carbocycles. The number of thiophene rings is 1. The van der Waals surface area contributed by atoms with E-state index in [9.17, 15) is 0 Å². The van der Waals surface area contributed by atoms with Gasteiger partial charge in [0.2, 0.25) is 0 Å². The molecule has 0 unspecified atom stereocenters. The van der Waals surface area contributed by atoms with Gasteiger partial charge in [-0.25, -0.2) is 9.97 Å². The van der Waals surface area contributed by atoms with Gasteiger partial charge in [-0.2, -0.15) is 11.3 Å². The number of rotatable bonds is 2. The topological polar surface area (TPSA) is 29.0 Å². The molecule has 0 radical (unpaired) electrons. The summed E-state index contributed by atoms with van der Waals surface area (Å²) in [6, 6.07) is 8.70. The molecular weight excluding hydrogens is 278 g/mol. The summed E-state index contributed by atoms with van der Waals surface area (Å²) in [7, 11) is 0. The fourth-order valence-electron chi connectivity index (χ4n) is 3.00. The standard InChI is InChI=1S/C17H17N3S/c1-12-18-16-10-13(14-6-9-21-11-14)4-5-15(16)17(19-12)20-7-2-3-8-20/h4-6,9-11H,2-3,7-8H2,1H3. The Morgan fingerprint density at radius 1 is 1.05 bits per heavy atom. The SMILES string of the molecule is Cc1nc(N2CCCC2)c2ccc(-c3ccsc3)cc2n1. The first-order chi connectivity index (χ1) is 10.3. The molecule has 3 nitrogen and oxygen atoms in total. The Labute approximate surface area is 128 Å². The van der Waals surface area contributed by atoms with Crippen LogP contribution in [-0.4, -0.2) is 23.1 Å². The second kappa shape index (κ2) is 5.11. The van der Waals surface area contributed by atoms with E-state index in [0.717, 1.165) is 30.2 Å². The van der Waals surface area contributed by atoms with Gasteiger partial charge in [-0.15, -0.1) is 0 Å². The highest BCUT2D eigenvalue weighted by Gasteiger charge is 2.17. The van der Waals surface area contributed by atoms with E-state index in [-0.39, 0.29) is 0 Å². The van der Waals surface area contributed by atoms with Crippen molar-refractivity contribution in [3.05, 3.63) is 40.8 Å². The third-order valence-corrected chi connectivity index (χ3v) is 4.73. The highest BCUT2D eigenvalue weighted by Crippen LogP contribution is 2.30. The van der Waals surface area contributed by atoms with Crippen LogP contribution in [0.5, 0.6) is 0 Å². The number of benzene rings is 1. The molecule has 1 fully saturated rings. The summed E-state index contributed by atoms with van der Waals surface area (Å²) in [6.07, 6.45) is 2.52. The molecule has 1 aromatic carbocycles. The third kappa shape index (κ3) is 2.29. The number of fused-ring (bicyclic) bond motifs is 1. The van der Waals surface area contributed by atoms with Gasteiger partial charge in [0, 0.05) is 18.5 Å².